The third kappa shape index (κ3) is 7.83. The van der Waals surface area contributed by atoms with Crippen molar-refractivity contribution < 1.29 is 28.2 Å². The van der Waals surface area contributed by atoms with Crippen LogP contribution in [0, 0.1) is 27.0 Å². The van der Waals surface area contributed by atoms with E-state index in [9.17, 15) is 13.6 Å². The maximum atomic E-state index is 13.1. The average molecular weight is 512 g/mol. The van der Waals surface area contributed by atoms with Gasteiger partial charge in [0.25, 0.3) is 0 Å². The second-order valence-electron chi connectivity index (χ2n) is 5.89. The molecule has 0 amide bonds. The quantitative estimate of drug-likeness (QED) is 0.416. The molecule has 2 aromatic carbocycles. The van der Waals surface area contributed by atoms with E-state index in [-0.39, 0.29) is 18.6 Å². The van der Waals surface area contributed by atoms with E-state index >= 15 is 0 Å². The number of halogens is 3. The van der Waals surface area contributed by atoms with Gasteiger partial charge in [0.2, 0.25) is 0 Å². The van der Waals surface area contributed by atoms with Crippen LogP contribution < -0.4 is 4.74 Å². The molecular formula is C22H19F2IO4. The Bertz CT molecular complexity index is 927. The number of carbonyl (C=O) groups is 1. The number of allylic oxidation sites excluding steroid dienone is 1. The van der Waals surface area contributed by atoms with E-state index in [4.69, 9.17) is 14.6 Å². The lowest BCUT2D eigenvalue weighted by Gasteiger charge is -2.13. The third-order valence-corrected chi connectivity index (χ3v) is 4.52. The summed E-state index contributed by atoms with van der Waals surface area (Å²) in [6, 6.07) is 8.54. The number of benzene rings is 2. The van der Waals surface area contributed by atoms with Gasteiger partial charge in [-0.15, -0.1) is 0 Å². The molecule has 0 aliphatic rings. The molecule has 0 aromatic heterocycles. The van der Waals surface area contributed by atoms with Crippen molar-refractivity contribution in [3.8, 4) is 17.6 Å². The SMILES string of the molecule is CCOC(Cc1ccc(OCC=CC#Cc2cc(F)cc(F)c2)c(I)c1)C(=O)O. The molecule has 0 fully saturated rings. The van der Waals surface area contributed by atoms with E-state index in [0.717, 1.165) is 27.3 Å². The summed E-state index contributed by atoms with van der Waals surface area (Å²) in [6.07, 6.45) is 2.62. The lowest BCUT2D eigenvalue weighted by atomic mass is 10.1. The number of rotatable bonds is 8. The first kappa shape index (κ1) is 22.8. The summed E-state index contributed by atoms with van der Waals surface area (Å²) in [5, 5.41) is 9.17. The van der Waals surface area contributed by atoms with Gasteiger partial charge in [-0.3, -0.25) is 0 Å². The number of ether oxygens (including phenoxy) is 2. The largest absolute Gasteiger partial charge is 0.488 e. The summed E-state index contributed by atoms with van der Waals surface area (Å²) in [7, 11) is 0. The monoisotopic (exact) mass is 512 g/mol. The fourth-order valence-corrected chi connectivity index (χ4v) is 3.15. The minimum Gasteiger partial charge on any atom is -0.488 e. The Hall–Kier alpha value is -2.44. The molecule has 1 atom stereocenters. The van der Waals surface area contributed by atoms with Crippen LogP contribution in [0.25, 0.3) is 0 Å². The first-order valence-corrected chi connectivity index (χ1v) is 9.85. The first-order chi connectivity index (χ1) is 13.9. The summed E-state index contributed by atoms with van der Waals surface area (Å²) in [4.78, 5) is 11.2. The topological polar surface area (TPSA) is 55.8 Å². The smallest absolute Gasteiger partial charge is 0.333 e. The van der Waals surface area contributed by atoms with Crippen molar-refractivity contribution in [3.05, 3.63) is 74.9 Å². The Balaban J connectivity index is 1.90. The number of hydrogen-bond donors (Lipinski definition) is 1. The van der Waals surface area contributed by atoms with Crippen molar-refractivity contribution in [1.29, 1.82) is 0 Å². The lowest BCUT2D eigenvalue weighted by molar-refractivity contribution is -0.149. The zero-order valence-corrected chi connectivity index (χ0v) is 17.8. The van der Waals surface area contributed by atoms with E-state index < -0.39 is 23.7 Å². The predicted octanol–water partition coefficient (Wildman–Crippen LogP) is 4.59. The van der Waals surface area contributed by atoms with E-state index in [1.807, 2.05) is 6.07 Å². The van der Waals surface area contributed by atoms with E-state index in [1.165, 1.54) is 0 Å². The Morgan fingerprint density at radius 3 is 2.59 bits per heavy atom. The van der Waals surface area contributed by atoms with Gasteiger partial charge in [-0.25, -0.2) is 13.6 Å². The number of carboxylic acids is 1. The second-order valence-corrected chi connectivity index (χ2v) is 7.05. The van der Waals surface area contributed by atoms with Gasteiger partial charge >= 0.3 is 5.97 Å². The number of hydrogen-bond acceptors (Lipinski definition) is 3. The molecule has 0 saturated carbocycles. The normalized spacial score (nSPS) is 11.7. The van der Waals surface area contributed by atoms with Gasteiger partial charge in [0, 0.05) is 24.7 Å². The minimum atomic E-state index is -0.991. The Labute approximate surface area is 181 Å². The van der Waals surface area contributed by atoms with Crippen LogP contribution in [0.4, 0.5) is 8.78 Å². The summed E-state index contributed by atoms with van der Waals surface area (Å²) in [5.74, 6) is 3.66. The van der Waals surface area contributed by atoms with Crippen LogP contribution in [0.5, 0.6) is 5.75 Å². The van der Waals surface area contributed by atoms with Crippen molar-refractivity contribution in [2.45, 2.75) is 19.4 Å². The molecule has 7 heteroatoms. The molecule has 1 unspecified atom stereocenters. The van der Waals surface area contributed by atoms with Crippen LogP contribution in [-0.4, -0.2) is 30.4 Å². The van der Waals surface area contributed by atoms with E-state index in [0.29, 0.717) is 12.4 Å². The van der Waals surface area contributed by atoms with Crippen LogP contribution in [-0.2, 0) is 16.0 Å². The molecule has 0 bridgehead atoms. The third-order valence-electron chi connectivity index (χ3n) is 3.68. The predicted molar refractivity (Wildman–Crippen MR) is 114 cm³/mol. The van der Waals surface area contributed by atoms with Crippen LogP contribution >= 0.6 is 22.6 Å². The summed E-state index contributed by atoms with van der Waals surface area (Å²) in [5.41, 5.74) is 1.09. The van der Waals surface area contributed by atoms with Crippen molar-refractivity contribution in [3.63, 3.8) is 0 Å². The second kappa shape index (κ2) is 11.5. The van der Waals surface area contributed by atoms with E-state index in [2.05, 4.69) is 34.4 Å². The highest BCUT2D eigenvalue weighted by Crippen LogP contribution is 2.23. The summed E-state index contributed by atoms with van der Waals surface area (Å²) >= 11 is 2.12. The fourth-order valence-electron chi connectivity index (χ4n) is 2.42. The number of carboxylic acid groups (broad SMARTS) is 1. The van der Waals surface area contributed by atoms with Gasteiger partial charge in [0.1, 0.15) is 24.0 Å². The van der Waals surface area contributed by atoms with Gasteiger partial charge in [-0.2, -0.15) is 0 Å². The summed E-state index contributed by atoms with van der Waals surface area (Å²) in [6.45, 7) is 2.35. The molecule has 0 heterocycles. The number of aliphatic carboxylic acids is 1. The molecule has 0 aliphatic heterocycles. The molecule has 29 heavy (non-hydrogen) atoms. The molecule has 4 nitrogen and oxygen atoms in total. The molecule has 0 aliphatic carbocycles. The van der Waals surface area contributed by atoms with Crippen LogP contribution in [0.15, 0.2) is 48.6 Å². The maximum absolute atomic E-state index is 13.1. The zero-order chi connectivity index (χ0) is 21.2. The van der Waals surface area contributed by atoms with E-state index in [1.54, 1.807) is 31.2 Å². The van der Waals surface area contributed by atoms with Gasteiger partial charge in [0.15, 0.2) is 6.10 Å². The zero-order valence-electron chi connectivity index (χ0n) is 15.6. The lowest BCUT2D eigenvalue weighted by Crippen LogP contribution is -2.26. The molecule has 0 saturated heterocycles. The van der Waals surface area contributed by atoms with Crippen molar-refractivity contribution in [1.82, 2.24) is 0 Å². The highest BCUT2D eigenvalue weighted by Gasteiger charge is 2.18. The van der Waals surface area contributed by atoms with Crippen LogP contribution in [0.1, 0.15) is 18.1 Å². The molecule has 2 rings (SSSR count). The molecule has 0 radical (unpaired) electrons. The standard InChI is InChI=1S/C22H19F2IO4/c1-2-28-21(22(26)27)13-16-7-8-20(19(25)12-16)29-9-5-3-4-6-15-10-17(23)14-18(24)11-15/h3,5,7-8,10-12,14,21H,2,9,13H2,1H3,(H,26,27). The minimum absolute atomic E-state index is 0.255. The highest BCUT2D eigenvalue weighted by atomic mass is 127. The van der Waals surface area contributed by atoms with Crippen molar-refractivity contribution in [2.75, 3.05) is 13.2 Å². The van der Waals surface area contributed by atoms with Crippen molar-refractivity contribution in [2.24, 2.45) is 0 Å². The summed E-state index contributed by atoms with van der Waals surface area (Å²) < 4.78 is 37.9. The molecule has 1 N–H and O–H groups in total. The highest BCUT2D eigenvalue weighted by molar-refractivity contribution is 14.1. The van der Waals surface area contributed by atoms with Gasteiger partial charge < -0.3 is 14.6 Å². The fraction of sp³-hybridized carbons (Fsp3) is 0.227. The van der Waals surface area contributed by atoms with Crippen LogP contribution in [0.3, 0.4) is 0 Å². The molecule has 152 valence electrons. The van der Waals surface area contributed by atoms with Gasteiger partial charge in [-0.05, 0) is 71.5 Å². The van der Waals surface area contributed by atoms with Crippen molar-refractivity contribution >= 4 is 28.6 Å². The van der Waals surface area contributed by atoms with Gasteiger partial charge in [-0.1, -0.05) is 17.9 Å². The first-order valence-electron chi connectivity index (χ1n) is 8.77. The van der Waals surface area contributed by atoms with Crippen LogP contribution in [0.2, 0.25) is 0 Å². The molecular weight excluding hydrogens is 493 g/mol. The Morgan fingerprint density at radius 2 is 1.97 bits per heavy atom. The molecule has 2 aromatic rings. The Kier molecular flexibility index (Phi) is 9.09. The molecule has 0 spiro atoms. The van der Waals surface area contributed by atoms with Gasteiger partial charge in [0.05, 0.1) is 3.57 Å². The Morgan fingerprint density at radius 1 is 1.24 bits per heavy atom. The maximum Gasteiger partial charge on any atom is 0.333 e. The average Bonchev–Trinajstić information content (AvgIpc) is 2.64.